The highest BCUT2D eigenvalue weighted by Crippen LogP contribution is 2.26. The Morgan fingerprint density at radius 2 is 1.62 bits per heavy atom. The summed E-state index contributed by atoms with van der Waals surface area (Å²) in [6, 6.07) is 18.9. The van der Waals surface area contributed by atoms with Crippen molar-refractivity contribution in [3.05, 3.63) is 78.8 Å². The predicted molar refractivity (Wildman–Crippen MR) is 96.3 cm³/mol. The molecule has 0 unspecified atom stereocenters. The van der Waals surface area contributed by atoms with Crippen LogP contribution in [-0.2, 0) is 7.05 Å². The molecule has 0 bridgehead atoms. The summed E-state index contributed by atoms with van der Waals surface area (Å²) in [6.07, 6.45) is 5.71. The topological polar surface area (TPSA) is 29.7 Å². The first-order valence-electron chi connectivity index (χ1n) is 7.99. The molecule has 0 fully saturated rings. The number of fused-ring (bicyclic) bond motifs is 1. The summed E-state index contributed by atoms with van der Waals surface area (Å²) < 4.78 is 2.18. The molecule has 3 heteroatoms. The Morgan fingerprint density at radius 3 is 2.42 bits per heavy atom. The van der Waals surface area contributed by atoms with Crippen LogP contribution in [0.1, 0.15) is 5.56 Å². The van der Waals surface area contributed by atoms with E-state index in [-0.39, 0.29) is 0 Å². The number of aryl methyl sites for hydroxylation is 2. The maximum Gasteiger partial charge on any atom is 0.213 e. The molecule has 0 aliphatic heterocycles. The molecule has 4 aromatic rings. The zero-order valence-electron chi connectivity index (χ0n) is 13.8. The number of aromatic nitrogens is 3. The van der Waals surface area contributed by atoms with E-state index in [1.165, 1.54) is 27.6 Å². The van der Waals surface area contributed by atoms with E-state index in [4.69, 9.17) is 0 Å². The van der Waals surface area contributed by atoms with Gasteiger partial charge in [0.25, 0.3) is 0 Å². The highest BCUT2D eigenvalue weighted by atomic mass is 14.9. The Morgan fingerprint density at radius 1 is 0.833 bits per heavy atom. The monoisotopic (exact) mass is 312 g/mol. The highest BCUT2D eigenvalue weighted by Gasteiger charge is 2.14. The summed E-state index contributed by atoms with van der Waals surface area (Å²) in [7, 11) is 2.09. The SMILES string of the molecule is Cc1ccccc1-c1cc2ccc(-c3ncccn3)cc2c[n+]1C. The summed E-state index contributed by atoms with van der Waals surface area (Å²) in [5.74, 6) is 0.755. The van der Waals surface area contributed by atoms with Crippen molar-refractivity contribution < 1.29 is 4.57 Å². The molecule has 0 saturated carbocycles. The average Bonchev–Trinajstić information content (AvgIpc) is 2.62. The first-order valence-corrected chi connectivity index (χ1v) is 7.99. The van der Waals surface area contributed by atoms with Gasteiger partial charge in [-0.3, -0.25) is 0 Å². The second-order valence-electron chi connectivity index (χ2n) is 6.00. The number of nitrogens with zero attached hydrogens (tertiary/aromatic N) is 3. The molecule has 4 rings (SSSR count). The number of pyridine rings is 1. The zero-order chi connectivity index (χ0) is 16.5. The van der Waals surface area contributed by atoms with Crippen LogP contribution in [0.4, 0.5) is 0 Å². The maximum atomic E-state index is 4.34. The molecule has 24 heavy (non-hydrogen) atoms. The van der Waals surface area contributed by atoms with Gasteiger partial charge in [-0.05, 0) is 36.1 Å². The first-order chi connectivity index (χ1) is 11.7. The van der Waals surface area contributed by atoms with Gasteiger partial charge in [0.15, 0.2) is 12.0 Å². The van der Waals surface area contributed by atoms with Gasteiger partial charge in [0.05, 0.1) is 0 Å². The number of hydrogen-bond donors (Lipinski definition) is 0. The molecular weight excluding hydrogens is 294 g/mol. The van der Waals surface area contributed by atoms with Gasteiger partial charge in [0, 0.05) is 35.0 Å². The van der Waals surface area contributed by atoms with Gasteiger partial charge >= 0.3 is 0 Å². The number of rotatable bonds is 2. The lowest BCUT2D eigenvalue weighted by atomic mass is 10.0. The molecule has 0 aliphatic carbocycles. The average molecular weight is 312 g/mol. The molecule has 2 aromatic carbocycles. The quantitative estimate of drug-likeness (QED) is 0.522. The van der Waals surface area contributed by atoms with Crippen LogP contribution >= 0.6 is 0 Å². The maximum absolute atomic E-state index is 4.34. The normalized spacial score (nSPS) is 10.9. The Hall–Kier alpha value is -3.07. The van der Waals surface area contributed by atoms with Crippen LogP contribution in [0, 0.1) is 6.92 Å². The highest BCUT2D eigenvalue weighted by molar-refractivity contribution is 5.87. The second-order valence-corrected chi connectivity index (χ2v) is 6.00. The van der Waals surface area contributed by atoms with Gasteiger partial charge in [-0.15, -0.1) is 0 Å². The predicted octanol–water partition coefficient (Wildman–Crippen LogP) is 4.10. The van der Waals surface area contributed by atoms with Gasteiger partial charge in [0.2, 0.25) is 5.69 Å². The lowest BCUT2D eigenvalue weighted by molar-refractivity contribution is -0.659. The van der Waals surface area contributed by atoms with Crippen molar-refractivity contribution in [1.82, 2.24) is 9.97 Å². The van der Waals surface area contributed by atoms with Crippen LogP contribution in [0.3, 0.4) is 0 Å². The lowest BCUT2D eigenvalue weighted by Crippen LogP contribution is -2.30. The fourth-order valence-electron chi connectivity index (χ4n) is 3.06. The van der Waals surface area contributed by atoms with Crippen molar-refractivity contribution in [2.75, 3.05) is 0 Å². The van der Waals surface area contributed by atoms with Crippen molar-refractivity contribution in [2.24, 2.45) is 7.05 Å². The molecule has 0 aliphatic rings. The smallest absolute Gasteiger partial charge is 0.213 e. The van der Waals surface area contributed by atoms with Gasteiger partial charge in [-0.1, -0.05) is 30.3 Å². The summed E-state index contributed by atoms with van der Waals surface area (Å²) in [5, 5.41) is 2.39. The minimum absolute atomic E-state index is 0.755. The zero-order valence-corrected chi connectivity index (χ0v) is 13.8. The summed E-state index contributed by atoms with van der Waals surface area (Å²) in [6.45, 7) is 2.15. The molecule has 0 radical (unpaired) electrons. The third kappa shape index (κ3) is 2.54. The Kier molecular flexibility index (Phi) is 3.54. The van der Waals surface area contributed by atoms with Gasteiger partial charge in [-0.25, -0.2) is 14.5 Å². The van der Waals surface area contributed by atoms with Crippen molar-refractivity contribution >= 4 is 10.8 Å². The summed E-state index contributed by atoms with van der Waals surface area (Å²) >= 11 is 0. The van der Waals surface area contributed by atoms with E-state index in [0.29, 0.717) is 0 Å². The fourth-order valence-corrected chi connectivity index (χ4v) is 3.06. The number of benzene rings is 2. The first kappa shape index (κ1) is 14.5. The molecular formula is C21H18N3+. The van der Waals surface area contributed by atoms with Crippen LogP contribution in [-0.4, -0.2) is 9.97 Å². The second kappa shape index (κ2) is 5.85. The van der Waals surface area contributed by atoms with E-state index in [1.54, 1.807) is 12.4 Å². The third-order valence-electron chi connectivity index (χ3n) is 4.34. The van der Waals surface area contributed by atoms with Crippen LogP contribution in [0.15, 0.2) is 73.2 Å². The number of hydrogen-bond acceptors (Lipinski definition) is 2. The summed E-state index contributed by atoms with van der Waals surface area (Å²) in [5.41, 5.74) is 4.79. The third-order valence-corrected chi connectivity index (χ3v) is 4.34. The van der Waals surface area contributed by atoms with Gasteiger partial charge < -0.3 is 0 Å². The largest absolute Gasteiger partial charge is 0.237 e. The van der Waals surface area contributed by atoms with Crippen LogP contribution in [0.5, 0.6) is 0 Å². The van der Waals surface area contributed by atoms with E-state index in [1.807, 2.05) is 6.07 Å². The summed E-state index contributed by atoms with van der Waals surface area (Å²) in [4.78, 5) is 8.67. The van der Waals surface area contributed by atoms with Crippen LogP contribution < -0.4 is 4.57 Å². The molecule has 2 aromatic heterocycles. The Labute approximate surface area is 141 Å². The Bertz CT molecular complexity index is 1020. The minimum Gasteiger partial charge on any atom is -0.237 e. The van der Waals surface area contributed by atoms with Crippen molar-refractivity contribution in [1.29, 1.82) is 0 Å². The van der Waals surface area contributed by atoms with Crippen molar-refractivity contribution in [3.63, 3.8) is 0 Å². The molecule has 0 atom stereocenters. The molecule has 0 spiro atoms. The van der Waals surface area contributed by atoms with E-state index >= 15 is 0 Å². The molecule has 3 nitrogen and oxygen atoms in total. The van der Waals surface area contributed by atoms with E-state index < -0.39 is 0 Å². The van der Waals surface area contributed by atoms with Crippen LogP contribution in [0.25, 0.3) is 33.4 Å². The molecule has 2 heterocycles. The Balaban J connectivity index is 1.87. The van der Waals surface area contributed by atoms with E-state index in [2.05, 4.69) is 83.2 Å². The van der Waals surface area contributed by atoms with Gasteiger partial charge in [0.1, 0.15) is 7.05 Å². The lowest BCUT2D eigenvalue weighted by Gasteiger charge is -2.07. The molecule has 0 N–H and O–H groups in total. The fraction of sp³-hybridized carbons (Fsp3) is 0.0952. The van der Waals surface area contributed by atoms with Crippen molar-refractivity contribution in [3.8, 4) is 22.6 Å². The minimum atomic E-state index is 0.755. The van der Waals surface area contributed by atoms with Gasteiger partial charge in [-0.2, -0.15) is 0 Å². The molecule has 0 amide bonds. The van der Waals surface area contributed by atoms with E-state index in [9.17, 15) is 0 Å². The van der Waals surface area contributed by atoms with E-state index in [0.717, 1.165) is 11.4 Å². The molecule has 116 valence electrons. The standard InChI is InChI=1S/C21H18N3/c1-15-6-3-4-7-19(15)20-13-16-8-9-17(12-18(16)14-24(20)2)21-22-10-5-11-23-21/h3-14H,1-2H3/q+1. The molecule has 0 saturated heterocycles. The van der Waals surface area contributed by atoms with Crippen molar-refractivity contribution in [2.45, 2.75) is 6.92 Å². The van der Waals surface area contributed by atoms with Crippen LogP contribution in [0.2, 0.25) is 0 Å².